The van der Waals surface area contributed by atoms with Gasteiger partial charge in [-0.25, -0.2) is 0 Å². The summed E-state index contributed by atoms with van der Waals surface area (Å²) in [5, 5.41) is 0. The third kappa shape index (κ3) is 39.2. The molecule has 238 valence electrons. The van der Waals surface area contributed by atoms with Crippen LogP contribution >= 0.6 is 0 Å². The highest BCUT2D eigenvalue weighted by molar-refractivity contribution is 6.85. The summed E-state index contributed by atoms with van der Waals surface area (Å²) in [5.74, 6) is 0. The van der Waals surface area contributed by atoms with E-state index in [4.69, 9.17) is 29.7 Å². The Morgan fingerprint density at radius 2 is 0.514 bits per heavy atom. The molecule has 0 aliphatic carbocycles. The Kier molecular flexibility index (Phi) is 38.7. The molecule has 0 rings (SSSR count). The molecule has 0 aliphatic heterocycles. The van der Waals surface area contributed by atoms with Gasteiger partial charge in [-0.3, -0.25) is 0 Å². The largest absolute Gasteiger partial charge is 0.657 e. The van der Waals surface area contributed by atoms with E-state index in [1.54, 1.807) is 21.3 Å². The molecule has 0 radical (unpaired) electrons. The number of hydrogen-bond acceptors (Lipinski definition) is 7. The maximum atomic E-state index is 6.02. The summed E-state index contributed by atoms with van der Waals surface area (Å²) in [6.45, 7) is 35.5. The normalized spacial score (nSPS) is 11.7. The van der Waals surface area contributed by atoms with Crippen molar-refractivity contribution in [2.24, 2.45) is 0 Å². The fraction of sp³-hybridized carbons (Fsp3) is 1.00. The Balaban J connectivity index is -0.0000000608. The minimum Gasteiger partial charge on any atom is -0.417 e. The van der Waals surface area contributed by atoms with Crippen LogP contribution in [-0.4, -0.2) is 72.5 Å². The lowest BCUT2D eigenvalue weighted by Gasteiger charge is -2.36. The Morgan fingerprint density at radius 1 is 0.324 bits per heavy atom. The van der Waals surface area contributed by atoms with Gasteiger partial charge in [-0.15, -0.1) is 0 Å². The molecule has 0 saturated carbocycles. The SMILES string of the molecule is C.C.C.C.CC.CC.CO[Si](C)(O[Si](C)(C)C)O[Si](C)(C)C.CO[Si](OC)(O[Si](C)(C)C)O[Si](C)(C)C. The minimum atomic E-state index is -2.89. The van der Waals surface area contributed by atoms with E-state index in [-0.39, 0.29) is 29.7 Å². The van der Waals surface area contributed by atoms with Crippen molar-refractivity contribution in [3.05, 3.63) is 0 Å². The van der Waals surface area contributed by atoms with Gasteiger partial charge < -0.3 is 29.7 Å². The highest BCUT2D eigenvalue weighted by Gasteiger charge is 2.49. The molecule has 13 heteroatoms. The Bertz CT molecular complexity index is 434. The first kappa shape index (κ1) is 57.8. The number of hydrogen-bond donors (Lipinski definition) is 0. The molecule has 0 fully saturated rings. The van der Waals surface area contributed by atoms with Gasteiger partial charge in [-0.1, -0.05) is 57.4 Å². The molecule has 0 aliphatic rings. The van der Waals surface area contributed by atoms with Gasteiger partial charge in [-0.2, -0.15) is 0 Å². The lowest BCUT2D eigenvalue weighted by atomic mass is 11.0. The highest BCUT2D eigenvalue weighted by atomic mass is 28.5. The summed E-state index contributed by atoms with van der Waals surface area (Å²) in [6.07, 6.45) is 0. The van der Waals surface area contributed by atoms with Crippen molar-refractivity contribution >= 4 is 51.1 Å². The van der Waals surface area contributed by atoms with Crippen LogP contribution in [0.15, 0.2) is 0 Å². The van der Waals surface area contributed by atoms with Gasteiger partial charge in [0.25, 0.3) is 0 Å². The van der Waals surface area contributed by atoms with Gasteiger partial charge in [0, 0.05) is 27.9 Å². The van der Waals surface area contributed by atoms with E-state index in [1.165, 1.54) is 0 Å². The second kappa shape index (κ2) is 24.8. The van der Waals surface area contributed by atoms with E-state index in [0.29, 0.717) is 0 Å². The zero-order chi connectivity index (χ0) is 27.9. The van der Waals surface area contributed by atoms with E-state index >= 15 is 0 Å². The summed E-state index contributed by atoms with van der Waals surface area (Å²) in [5.41, 5.74) is 0. The summed E-state index contributed by atoms with van der Waals surface area (Å²) in [6, 6.07) is 0. The van der Waals surface area contributed by atoms with Crippen LogP contribution < -0.4 is 0 Å². The molecule has 0 aromatic rings. The van der Waals surface area contributed by atoms with Crippen LogP contribution in [0.2, 0.25) is 85.1 Å². The molecule has 0 heterocycles. The summed E-state index contributed by atoms with van der Waals surface area (Å²) < 4.78 is 40.1. The van der Waals surface area contributed by atoms with Crippen molar-refractivity contribution in [2.45, 2.75) is 143 Å². The van der Waals surface area contributed by atoms with Crippen molar-refractivity contribution < 1.29 is 29.7 Å². The zero-order valence-corrected chi connectivity index (χ0v) is 31.9. The zero-order valence-electron chi connectivity index (χ0n) is 25.9. The first-order chi connectivity index (χ1) is 14.5. The quantitative estimate of drug-likeness (QED) is 0.207. The molecule has 37 heavy (non-hydrogen) atoms. The Morgan fingerprint density at radius 3 is 0.622 bits per heavy atom. The molecule has 0 spiro atoms. The Labute approximate surface area is 244 Å². The lowest BCUT2D eigenvalue weighted by Crippen LogP contribution is -2.58. The van der Waals surface area contributed by atoms with E-state index in [0.717, 1.165) is 0 Å². The maximum absolute atomic E-state index is 6.02. The van der Waals surface area contributed by atoms with Crippen LogP contribution in [0.4, 0.5) is 0 Å². The van der Waals surface area contributed by atoms with Crippen LogP contribution in [0.5, 0.6) is 0 Å². The van der Waals surface area contributed by atoms with Crippen molar-refractivity contribution in [1.29, 1.82) is 0 Å². The fourth-order valence-electron chi connectivity index (χ4n) is 2.24. The summed E-state index contributed by atoms with van der Waals surface area (Å²) in [4.78, 5) is 0. The molecular formula is C24H76O7Si6. The highest BCUT2D eigenvalue weighted by Crippen LogP contribution is 2.22. The molecule has 0 amide bonds. The third-order valence-corrected chi connectivity index (χ3v) is 19.2. The third-order valence-electron chi connectivity index (χ3n) is 2.72. The van der Waals surface area contributed by atoms with Crippen LogP contribution in [0.25, 0.3) is 0 Å². The fourth-order valence-corrected chi connectivity index (χ4v) is 20.4. The van der Waals surface area contributed by atoms with Gasteiger partial charge in [0.05, 0.1) is 0 Å². The second-order valence-corrected chi connectivity index (χ2v) is 34.9. The predicted octanol–water partition coefficient (Wildman–Crippen LogP) is 9.92. The van der Waals surface area contributed by atoms with E-state index in [2.05, 4.69) is 78.6 Å². The van der Waals surface area contributed by atoms with Crippen LogP contribution in [-0.2, 0) is 29.7 Å². The smallest absolute Gasteiger partial charge is 0.417 e. The average Bonchev–Trinajstić information content (AvgIpc) is 2.59. The van der Waals surface area contributed by atoms with Gasteiger partial charge in [0.2, 0.25) is 0 Å². The minimum absolute atomic E-state index is 0. The van der Waals surface area contributed by atoms with E-state index in [9.17, 15) is 0 Å². The van der Waals surface area contributed by atoms with Crippen molar-refractivity contribution in [3.8, 4) is 0 Å². The Hall–Kier alpha value is 1.02. The van der Waals surface area contributed by atoms with Crippen LogP contribution in [0, 0.1) is 0 Å². The topological polar surface area (TPSA) is 64.6 Å². The first-order valence-electron chi connectivity index (χ1n) is 12.0. The molecule has 7 nitrogen and oxygen atoms in total. The first-order valence-corrected chi connectivity index (χ1v) is 29.5. The van der Waals surface area contributed by atoms with Crippen molar-refractivity contribution in [3.63, 3.8) is 0 Å². The maximum Gasteiger partial charge on any atom is 0.657 e. The molecule has 0 unspecified atom stereocenters. The molecule has 0 aromatic carbocycles. The molecule has 0 aromatic heterocycles. The molecule has 0 atom stereocenters. The van der Waals surface area contributed by atoms with Crippen molar-refractivity contribution in [2.75, 3.05) is 21.3 Å². The van der Waals surface area contributed by atoms with Gasteiger partial charge in [0.15, 0.2) is 33.3 Å². The van der Waals surface area contributed by atoms with E-state index < -0.39 is 51.1 Å². The van der Waals surface area contributed by atoms with E-state index in [1.807, 2.05) is 34.2 Å². The summed E-state index contributed by atoms with van der Waals surface area (Å²) in [7, 11) is -7.00. The molecule has 0 saturated heterocycles. The number of rotatable bonds is 11. The average molecular weight is 645 g/mol. The van der Waals surface area contributed by atoms with Gasteiger partial charge in [-0.05, 0) is 78.6 Å². The molecule has 0 bridgehead atoms. The van der Waals surface area contributed by atoms with Gasteiger partial charge in [0.1, 0.15) is 0 Å². The van der Waals surface area contributed by atoms with Crippen molar-refractivity contribution in [1.82, 2.24) is 0 Å². The monoisotopic (exact) mass is 644 g/mol. The molecular weight excluding hydrogens is 569 g/mol. The standard InChI is InChI=1S/C8H24O4Si3.C8H24O3Si3.2C2H6.4CH4/c1-9-15(10-2,11-13(3,4)5)12-14(6,7)8;1-9-14(8,10-12(2,3)4)11-13(5,6)7;2*1-2;;;;/h1-8H3;1-8H3;2*1-2H3;4*1H4. The second-order valence-electron chi connectivity index (χ2n) is 10.8. The summed E-state index contributed by atoms with van der Waals surface area (Å²) >= 11 is 0. The van der Waals surface area contributed by atoms with Gasteiger partial charge >= 0.3 is 17.9 Å². The molecule has 0 N–H and O–H groups in total. The van der Waals surface area contributed by atoms with Crippen LogP contribution in [0.3, 0.4) is 0 Å². The van der Waals surface area contributed by atoms with Crippen LogP contribution in [0.1, 0.15) is 57.4 Å². The predicted molar refractivity (Wildman–Crippen MR) is 186 cm³/mol. The lowest BCUT2D eigenvalue weighted by molar-refractivity contribution is 0.0773.